The van der Waals surface area contributed by atoms with Crippen LogP contribution in [0, 0.1) is 5.92 Å². The summed E-state index contributed by atoms with van der Waals surface area (Å²) in [6.07, 6.45) is 7.27. The van der Waals surface area contributed by atoms with Crippen LogP contribution in [0.25, 0.3) is 12.2 Å². The van der Waals surface area contributed by atoms with Crippen molar-refractivity contribution >= 4 is 12.2 Å². The van der Waals surface area contributed by atoms with E-state index >= 15 is 0 Å². The number of aromatic nitrogens is 1. The fourth-order valence-electron chi connectivity index (χ4n) is 2.66. The monoisotopic (exact) mass is 265 g/mol. The minimum absolute atomic E-state index is 0.590. The summed E-state index contributed by atoms with van der Waals surface area (Å²) in [5.74, 6) is 1.50. The molecule has 0 spiro atoms. The highest BCUT2D eigenvalue weighted by atomic mass is 15.0. The highest BCUT2D eigenvalue weighted by molar-refractivity contribution is 5.68. The largest absolute Gasteiger partial charge is 0.345 e. The number of hydrogen-bond donors (Lipinski definition) is 0. The third kappa shape index (κ3) is 3.04. The molecule has 1 aromatic carbocycles. The molecule has 20 heavy (non-hydrogen) atoms. The number of hydrogen-bond acceptors (Lipinski definition) is 0. The number of nitrogens with zero attached hydrogens (tertiary/aromatic N) is 1. The van der Waals surface area contributed by atoms with Crippen molar-refractivity contribution in [3.8, 4) is 0 Å². The van der Waals surface area contributed by atoms with Gasteiger partial charge in [0.15, 0.2) is 0 Å². The molecule has 1 fully saturated rings. The topological polar surface area (TPSA) is 4.93 Å². The van der Waals surface area contributed by atoms with Crippen molar-refractivity contribution in [2.75, 3.05) is 0 Å². The van der Waals surface area contributed by atoms with Crippen LogP contribution in [-0.4, -0.2) is 4.57 Å². The Kier molecular flexibility index (Phi) is 3.77. The molecule has 0 unspecified atom stereocenters. The van der Waals surface area contributed by atoms with Crippen LogP contribution in [0.4, 0.5) is 0 Å². The first-order chi connectivity index (χ1) is 9.74. The summed E-state index contributed by atoms with van der Waals surface area (Å²) in [6.45, 7) is 5.75. The first-order valence-corrected chi connectivity index (χ1v) is 7.66. The normalized spacial score (nSPS) is 15.3. The lowest BCUT2D eigenvalue weighted by Crippen LogP contribution is -2.07. The van der Waals surface area contributed by atoms with Crippen LogP contribution >= 0.6 is 0 Å². The molecule has 3 rings (SSSR count). The van der Waals surface area contributed by atoms with Gasteiger partial charge in [0.2, 0.25) is 0 Å². The molecule has 1 aliphatic rings. The average Bonchev–Trinajstić information content (AvgIpc) is 3.17. The molecule has 0 saturated heterocycles. The van der Waals surface area contributed by atoms with E-state index in [1.165, 1.54) is 36.3 Å². The first-order valence-electron chi connectivity index (χ1n) is 7.66. The van der Waals surface area contributed by atoms with Gasteiger partial charge in [0.1, 0.15) is 0 Å². The van der Waals surface area contributed by atoms with Crippen LogP contribution in [0.3, 0.4) is 0 Å². The second-order valence-corrected chi connectivity index (χ2v) is 6.14. The van der Waals surface area contributed by atoms with Crippen LogP contribution in [0.5, 0.6) is 0 Å². The molecule has 1 heterocycles. The summed E-state index contributed by atoms with van der Waals surface area (Å²) in [7, 11) is 0. The Hall–Kier alpha value is -1.76. The highest BCUT2D eigenvalue weighted by Crippen LogP contribution is 2.33. The number of rotatable bonds is 5. The lowest BCUT2D eigenvalue weighted by Gasteiger charge is -2.13. The molecule has 2 aromatic rings. The molecule has 0 aliphatic heterocycles. The molecule has 1 nitrogen and oxygen atoms in total. The molecule has 0 amide bonds. The highest BCUT2D eigenvalue weighted by Gasteiger charge is 2.23. The zero-order valence-corrected chi connectivity index (χ0v) is 12.4. The molecule has 1 saturated carbocycles. The van der Waals surface area contributed by atoms with Crippen molar-refractivity contribution < 1.29 is 0 Å². The zero-order valence-electron chi connectivity index (χ0n) is 12.4. The Morgan fingerprint density at radius 1 is 1.05 bits per heavy atom. The average molecular weight is 265 g/mol. The predicted molar refractivity (Wildman–Crippen MR) is 86.6 cm³/mol. The Morgan fingerprint density at radius 3 is 2.45 bits per heavy atom. The van der Waals surface area contributed by atoms with Crippen LogP contribution in [0.1, 0.15) is 49.6 Å². The molecule has 0 radical (unpaired) electrons. The van der Waals surface area contributed by atoms with Crippen molar-refractivity contribution in [2.45, 2.75) is 39.2 Å². The summed E-state index contributed by atoms with van der Waals surface area (Å²) < 4.78 is 2.52. The molecule has 0 atom stereocenters. The fraction of sp³-hybridized carbons (Fsp3) is 0.368. The van der Waals surface area contributed by atoms with Gasteiger partial charge in [0, 0.05) is 17.9 Å². The van der Waals surface area contributed by atoms with Gasteiger partial charge in [-0.2, -0.15) is 0 Å². The first kappa shape index (κ1) is 13.2. The van der Waals surface area contributed by atoms with E-state index in [0.717, 1.165) is 5.92 Å². The maximum Gasteiger partial charge on any atom is 0.0409 e. The van der Waals surface area contributed by atoms with Crippen LogP contribution in [-0.2, 0) is 6.54 Å². The van der Waals surface area contributed by atoms with E-state index in [-0.39, 0.29) is 0 Å². The standard InChI is InChI=1S/C19H23N/c1-15(2)19-13-12-18(20(19)14-17-8-9-17)11-10-16-6-4-3-5-7-16/h3-7,10-13,15,17H,8-9,14H2,1-2H3/b11-10+. The van der Waals surface area contributed by atoms with Gasteiger partial charge in [-0.1, -0.05) is 50.3 Å². The summed E-state index contributed by atoms with van der Waals surface area (Å²) >= 11 is 0. The fourth-order valence-corrected chi connectivity index (χ4v) is 2.66. The summed E-state index contributed by atoms with van der Waals surface area (Å²) in [5, 5.41) is 0. The predicted octanol–water partition coefficient (Wildman–Crippen LogP) is 5.19. The smallest absolute Gasteiger partial charge is 0.0409 e. The minimum atomic E-state index is 0.590. The van der Waals surface area contributed by atoms with E-state index < -0.39 is 0 Å². The molecule has 0 N–H and O–H groups in total. The van der Waals surface area contributed by atoms with Gasteiger partial charge in [-0.05, 0) is 48.4 Å². The van der Waals surface area contributed by atoms with Gasteiger partial charge in [-0.15, -0.1) is 0 Å². The maximum atomic E-state index is 2.52. The molecule has 1 aromatic heterocycles. The molecular weight excluding hydrogens is 242 g/mol. The summed E-state index contributed by atoms with van der Waals surface area (Å²) in [6, 6.07) is 15.1. The van der Waals surface area contributed by atoms with Crippen molar-refractivity contribution in [1.82, 2.24) is 4.57 Å². The lowest BCUT2D eigenvalue weighted by atomic mass is 10.1. The molecular formula is C19H23N. The third-order valence-electron chi connectivity index (χ3n) is 4.02. The van der Waals surface area contributed by atoms with Gasteiger partial charge in [-0.3, -0.25) is 0 Å². The van der Waals surface area contributed by atoms with Gasteiger partial charge in [0.25, 0.3) is 0 Å². The van der Waals surface area contributed by atoms with E-state index in [1.807, 2.05) is 0 Å². The lowest BCUT2D eigenvalue weighted by molar-refractivity contribution is 0.583. The summed E-state index contributed by atoms with van der Waals surface area (Å²) in [4.78, 5) is 0. The molecule has 104 valence electrons. The van der Waals surface area contributed by atoms with Crippen molar-refractivity contribution in [2.24, 2.45) is 5.92 Å². The van der Waals surface area contributed by atoms with Crippen molar-refractivity contribution in [3.63, 3.8) is 0 Å². The quantitative estimate of drug-likeness (QED) is 0.701. The van der Waals surface area contributed by atoms with E-state index in [0.29, 0.717) is 5.92 Å². The zero-order chi connectivity index (χ0) is 13.9. The minimum Gasteiger partial charge on any atom is -0.345 e. The van der Waals surface area contributed by atoms with E-state index in [2.05, 4.69) is 73.0 Å². The van der Waals surface area contributed by atoms with Crippen molar-refractivity contribution in [3.05, 3.63) is 59.4 Å². The van der Waals surface area contributed by atoms with Crippen LogP contribution in [0.15, 0.2) is 42.5 Å². The molecule has 0 bridgehead atoms. The third-order valence-corrected chi connectivity index (χ3v) is 4.02. The second kappa shape index (κ2) is 5.70. The van der Waals surface area contributed by atoms with Crippen LogP contribution < -0.4 is 0 Å². The van der Waals surface area contributed by atoms with Gasteiger partial charge >= 0.3 is 0 Å². The van der Waals surface area contributed by atoms with E-state index in [9.17, 15) is 0 Å². The van der Waals surface area contributed by atoms with Gasteiger partial charge in [-0.25, -0.2) is 0 Å². The van der Waals surface area contributed by atoms with Gasteiger partial charge in [0.05, 0.1) is 0 Å². The summed E-state index contributed by atoms with van der Waals surface area (Å²) in [5.41, 5.74) is 4.06. The van der Waals surface area contributed by atoms with Crippen molar-refractivity contribution in [1.29, 1.82) is 0 Å². The molecule has 1 heteroatoms. The Labute approximate surface area is 121 Å². The number of benzene rings is 1. The Balaban J connectivity index is 1.86. The van der Waals surface area contributed by atoms with E-state index in [4.69, 9.17) is 0 Å². The maximum absolute atomic E-state index is 2.52. The Bertz CT molecular complexity index is 585. The SMILES string of the molecule is CC(C)c1ccc(/C=C/c2ccccc2)n1CC1CC1. The molecule has 1 aliphatic carbocycles. The second-order valence-electron chi connectivity index (χ2n) is 6.14. The van der Waals surface area contributed by atoms with Crippen LogP contribution in [0.2, 0.25) is 0 Å². The van der Waals surface area contributed by atoms with Gasteiger partial charge < -0.3 is 4.57 Å². The Morgan fingerprint density at radius 2 is 1.80 bits per heavy atom. The van der Waals surface area contributed by atoms with E-state index in [1.54, 1.807) is 0 Å².